The first kappa shape index (κ1) is 23.5. The Hall–Kier alpha value is -2.61. The van der Waals surface area contributed by atoms with Gasteiger partial charge in [-0.25, -0.2) is 4.98 Å². The zero-order chi connectivity index (χ0) is 23.4. The molecule has 0 aliphatic carbocycles. The van der Waals surface area contributed by atoms with E-state index in [4.69, 9.17) is 26.1 Å². The summed E-state index contributed by atoms with van der Waals surface area (Å²) in [6.45, 7) is 8.06. The second-order valence-electron chi connectivity index (χ2n) is 8.49. The van der Waals surface area contributed by atoms with Crippen LogP contribution in [0.15, 0.2) is 36.4 Å². The summed E-state index contributed by atoms with van der Waals surface area (Å²) in [5.41, 5.74) is 3.86. The molecule has 1 saturated heterocycles. The monoisotopic (exact) mass is 470 g/mol. The van der Waals surface area contributed by atoms with Crippen molar-refractivity contribution in [1.82, 2.24) is 14.5 Å². The van der Waals surface area contributed by atoms with Crippen molar-refractivity contribution in [2.24, 2.45) is 0 Å². The van der Waals surface area contributed by atoms with E-state index < -0.39 is 0 Å². The number of halogens is 1. The predicted molar refractivity (Wildman–Crippen MR) is 131 cm³/mol. The zero-order valence-corrected chi connectivity index (χ0v) is 20.2. The minimum Gasteiger partial charge on any atom is -0.495 e. The van der Waals surface area contributed by atoms with Crippen LogP contribution in [0.2, 0.25) is 5.02 Å². The van der Waals surface area contributed by atoms with Gasteiger partial charge in [0, 0.05) is 44.7 Å². The van der Waals surface area contributed by atoms with Gasteiger partial charge in [-0.2, -0.15) is 0 Å². The molecule has 1 fully saturated rings. The molecule has 0 radical (unpaired) electrons. The average molecular weight is 471 g/mol. The highest BCUT2D eigenvalue weighted by Gasteiger charge is 2.20. The lowest BCUT2D eigenvalue weighted by molar-refractivity contribution is -0.114. The molecule has 1 atom stereocenters. The van der Waals surface area contributed by atoms with E-state index >= 15 is 0 Å². The predicted octanol–water partition coefficient (Wildman–Crippen LogP) is 4.16. The standard InChI is InChI=1S/C25H31ClN4O3/c1-17(29-10-12-33-13-11-29)16-30-23-7-6-20(27-18(2)31)15-22(23)28-25(30)9-5-19-4-8-24(32-3)21(26)14-19/h4,6-8,14-15,17H,5,9-13,16H2,1-3H3,(H,27,31)/t17-/m0/s1. The summed E-state index contributed by atoms with van der Waals surface area (Å²) in [5.74, 6) is 1.61. The minimum absolute atomic E-state index is 0.0914. The van der Waals surface area contributed by atoms with E-state index in [1.165, 1.54) is 6.92 Å². The molecule has 0 spiro atoms. The van der Waals surface area contributed by atoms with Crippen molar-refractivity contribution in [3.05, 3.63) is 52.8 Å². The van der Waals surface area contributed by atoms with E-state index in [2.05, 4.69) is 21.7 Å². The lowest BCUT2D eigenvalue weighted by Crippen LogP contribution is -2.44. The zero-order valence-electron chi connectivity index (χ0n) is 19.4. The molecular formula is C25H31ClN4O3. The molecule has 2 heterocycles. The van der Waals surface area contributed by atoms with Crippen molar-refractivity contribution >= 4 is 34.2 Å². The van der Waals surface area contributed by atoms with E-state index in [1.807, 2.05) is 36.4 Å². The van der Waals surface area contributed by atoms with Crippen LogP contribution in [0.5, 0.6) is 5.75 Å². The number of aryl methyl sites for hydroxylation is 2. The third-order valence-electron chi connectivity index (χ3n) is 6.12. The number of nitrogens with one attached hydrogen (secondary N) is 1. The van der Waals surface area contributed by atoms with Crippen molar-refractivity contribution in [3.8, 4) is 5.75 Å². The molecule has 1 N–H and O–H groups in total. The SMILES string of the molecule is COc1ccc(CCc2nc3cc(NC(C)=O)ccc3n2C[C@H](C)N2CCOCC2)cc1Cl. The highest BCUT2D eigenvalue weighted by molar-refractivity contribution is 6.32. The molecule has 1 aliphatic rings. The van der Waals surface area contributed by atoms with Gasteiger partial charge in [0.2, 0.25) is 5.91 Å². The van der Waals surface area contributed by atoms with E-state index in [0.717, 1.165) is 73.8 Å². The van der Waals surface area contributed by atoms with Crippen molar-refractivity contribution in [3.63, 3.8) is 0 Å². The number of hydrogen-bond donors (Lipinski definition) is 1. The van der Waals surface area contributed by atoms with Crippen molar-refractivity contribution in [2.45, 2.75) is 39.3 Å². The molecule has 0 saturated carbocycles. The smallest absolute Gasteiger partial charge is 0.221 e. The van der Waals surface area contributed by atoms with Crippen molar-refractivity contribution < 1.29 is 14.3 Å². The Bertz CT molecular complexity index is 1120. The number of rotatable bonds is 8. The molecule has 7 nitrogen and oxygen atoms in total. The molecule has 176 valence electrons. The maximum absolute atomic E-state index is 11.5. The summed E-state index contributed by atoms with van der Waals surface area (Å²) in [4.78, 5) is 18.9. The number of methoxy groups -OCH3 is 1. The number of imidazole rings is 1. The topological polar surface area (TPSA) is 68.6 Å². The Labute approximate surface area is 199 Å². The van der Waals surface area contributed by atoms with Crippen molar-refractivity contribution in [1.29, 1.82) is 0 Å². The fourth-order valence-electron chi connectivity index (χ4n) is 4.37. The maximum atomic E-state index is 11.5. The molecule has 1 amide bonds. The Morgan fingerprint density at radius 2 is 2.00 bits per heavy atom. The third-order valence-corrected chi connectivity index (χ3v) is 6.41. The van der Waals surface area contributed by atoms with Gasteiger partial charge in [-0.05, 0) is 49.2 Å². The average Bonchev–Trinajstić information content (AvgIpc) is 3.14. The number of ether oxygens (including phenoxy) is 2. The third kappa shape index (κ3) is 5.66. The van der Waals surface area contributed by atoms with Crippen LogP contribution in [0.3, 0.4) is 0 Å². The maximum Gasteiger partial charge on any atom is 0.221 e. The first-order chi connectivity index (χ1) is 15.9. The van der Waals surface area contributed by atoms with Gasteiger partial charge in [-0.15, -0.1) is 0 Å². The summed E-state index contributed by atoms with van der Waals surface area (Å²) < 4.78 is 13.1. The first-order valence-corrected chi connectivity index (χ1v) is 11.7. The van der Waals surface area contributed by atoms with Gasteiger partial charge in [0.1, 0.15) is 11.6 Å². The number of carbonyl (C=O) groups excluding carboxylic acids is 1. The van der Waals surface area contributed by atoms with Gasteiger partial charge >= 0.3 is 0 Å². The minimum atomic E-state index is -0.0914. The summed E-state index contributed by atoms with van der Waals surface area (Å²) in [6.07, 6.45) is 1.60. The number of benzene rings is 2. The van der Waals surface area contributed by atoms with Crippen LogP contribution in [0.25, 0.3) is 11.0 Å². The molecule has 8 heteroatoms. The van der Waals surface area contributed by atoms with Crippen molar-refractivity contribution in [2.75, 3.05) is 38.7 Å². The number of anilines is 1. The van der Waals surface area contributed by atoms with E-state index in [1.54, 1.807) is 7.11 Å². The van der Waals surface area contributed by atoms with Gasteiger partial charge < -0.3 is 19.4 Å². The van der Waals surface area contributed by atoms with Gasteiger partial charge in [0.05, 0.1) is 36.4 Å². The number of hydrogen-bond acceptors (Lipinski definition) is 5. The first-order valence-electron chi connectivity index (χ1n) is 11.4. The molecule has 1 aromatic heterocycles. The number of morpholine rings is 1. The number of carbonyl (C=O) groups is 1. The summed E-state index contributed by atoms with van der Waals surface area (Å²) in [7, 11) is 1.62. The lowest BCUT2D eigenvalue weighted by Gasteiger charge is -2.32. The quantitative estimate of drug-likeness (QED) is 0.535. The summed E-state index contributed by atoms with van der Waals surface area (Å²) >= 11 is 6.32. The van der Waals surface area contributed by atoms with Crippen LogP contribution in [0, 0.1) is 0 Å². The van der Waals surface area contributed by atoms with E-state index in [9.17, 15) is 4.79 Å². The number of fused-ring (bicyclic) bond motifs is 1. The number of amides is 1. The lowest BCUT2D eigenvalue weighted by atomic mass is 10.1. The fraction of sp³-hybridized carbons (Fsp3) is 0.440. The van der Waals surface area contributed by atoms with E-state index in [0.29, 0.717) is 16.8 Å². The van der Waals surface area contributed by atoms with Crippen LogP contribution in [0.4, 0.5) is 5.69 Å². The van der Waals surface area contributed by atoms with Crippen LogP contribution in [0.1, 0.15) is 25.2 Å². The molecule has 33 heavy (non-hydrogen) atoms. The van der Waals surface area contributed by atoms with Gasteiger partial charge in [-0.3, -0.25) is 9.69 Å². The Morgan fingerprint density at radius 3 is 2.70 bits per heavy atom. The van der Waals surface area contributed by atoms with Gasteiger partial charge in [0.25, 0.3) is 0 Å². The van der Waals surface area contributed by atoms with Crippen LogP contribution in [-0.2, 0) is 28.9 Å². The van der Waals surface area contributed by atoms with Crippen LogP contribution in [-0.4, -0.2) is 59.8 Å². The number of aromatic nitrogens is 2. The highest BCUT2D eigenvalue weighted by atomic mass is 35.5. The Balaban J connectivity index is 1.61. The number of nitrogens with zero attached hydrogens (tertiary/aromatic N) is 3. The van der Waals surface area contributed by atoms with Crippen LogP contribution < -0.4 is 10.1 Å². The largest absolute Gasteiger partial charge is 0.495 e. The molecular weight excluding hydrogens is 440 g/mol. The second kappa shape index (κ2) is 10.5. The molecule has 4 rings (SSSR count). The molecule has 2 aromatic carbocycles. The second-order valence-corrected chi connectivity index (χ2v) is 8.90. The molecule has 0 unspecified atom stereocenters. The van der Waals surface area contributed by atoms with Gasteiger partial charge in [-0.1, -0.05) is 17.7 Å². The van der Waals surface area contributed by atoms with E-state index in [-0.39, 0.29) is 5.91 Å². The molecule has 0 bridgehead atoms. The molecule has 1 aliphatic heterocycles. The Morgan fingerprint density at radius 1 is 1.21 bits per heavy atom. The summed E-state index contributed by atoms with van der Waals surface area (Å²) in [5, 5.41) is 3.47. The fourth-order valence-corrected chi connectivity index (χ4v) is 4.66. The molecule has 3 aromatic rings. The summed E-state index contributed by atoms with van der Waals surface area (Å²) in [6, 6.07) is 12.2. The van der Waals surface area contributed by atoms with Gasteiger partial charge in [0.15, 0.2) is 0 Å². The highest BCUT2D eigenvalue weighted by Crippen LogP contribution is 2.27. The van der Waals surface area contributed by atoms with Crippen LogP contribution >= 0.6 is 11.6 Å². The Kier molecular flexibility index (Phi) is 7.53. The normalized spacial score (nSPS) is 15.5.